The molecule has 1 aromatic heterocycles. The van der Waals surface area contributed by atoms with Crippen LogP contribution in [0.5, 0.6) is 0 Å². The second-order valence-electron chi connectivity index (χ2n) is 7.67. The number of aryl methyl sites for hydroxylation is 1. The number of fused-ring (bicyclic) bond motifs is 1. The van der Waals surface area contributed by atoms with E-state index >= 15 is 0 Å². The number of halogens is 1. The van der Waals surface area contributed by atoms with Crippen LogP contribution in [0, 0.1) is 12.8 Å². The first kappa shape index (κ1) is 17.3. The van der Waals surface area contributed by atoms with Crippen LogP contribution in [-0.2, 0) is 16.9 Å². The van der Waals surface area contributed by atoms with E-state index in [2.05, 4.69) is 15.7 Å². The maximum absolute atomic E-state index is 12.6. The van der Waals surface area contributed by atoms with Crippen molar-refractivity contribution in [3.05, 3.63) is 44.8 Å². The van der Waals surface area contributed by atoms with Gasteiger partial charge in [0.05, 0.1) is 11.6 Å². The van der Waals surface area contributed by atoms with E-state index in [9.17, 15) is 9.59 Å². The molecule has 1 aromatic carbocycles. The average Bonchev–Trinajstić information content (AvgIpc) is 3.25. The van der Waals surface area contributed by atoms with Crippen LogP contribution in [0.2, 0.25) is 5.02 Å². The Balaban J connectivity index is 1.43. The summed E-state index contributed by atoms with van der Waals surface area (Å²) >= 11 is 6.04. The predicted molar refractivity (Wildman–Crippen MR) is 97.0 cm³/mol. The summed E-state index contributed by atoms with van der Waals surface area (Å²) in [5, 5.41) is 11.5. The van der Waals surface area contributed by atoms with Crippen LogP contribution >= 0.6 is 11.6 Å². The summed E-state index contributed by atoms with van der Waals surface area (Å²) in [6.07, 6.45) is 4.14. The average molecular weight is 376 g/mol. The lowest BCUT2D eigenvalue weighted by atomic mass is 9.77. The first-order valence-electron chi connectivity index (χ1n) is 8.97. The van der Waals surface area contributed by atoms with Crippen molar-refractivity contribution in [2.45, 2.75) is 57.7 Å². The molecule has 138 valence electrons. The minimum Gasteiger partial charge on any atom is -0.348 e. The van der Waals surface area contributed by atoms with Crippen molar-refractivity contribution in [1.82, 2.24) is 25.1 Å². The molecule has 0 saturated heterocycles. The maximum atomic E-state index is 12.6. The molecule has 0 radical (unpaired) electrons. The third kappa shape index (κ3) is 2.84. The smallest absolute Gasteiger partial charge is 0.348 e. The molecule has 0 unspecified atom stereocenters. The lowest BCUT2D eigenvalue weighted by molar-refractivity contribution is -0.122. The first-order valence-corrected chi connectivity index (χ1v) is 9.34. The Bertz CT molecular complexity index is 907. The molecule has 0 spiro atoms. The van der Waals surface area contributed by atoms with Crippen molar-refractivity contribution < 1.29 is 4.79 Å². The van der Waals surface area contributed by atoms with Gasteiger partial charge in [-0.25, -0.2) is 4.79 Å². The highest BCUT2D eigenvalue weighted by atomic mass is 35.5. The van der Waals surface area contributed by atoms with Crippen molar-refractivity contribution >= 4 is 17.5 Å². The number of nitrogens with zero attached hydrogens (tertiary/aromatic N) is 4. The molecule has 1 amide bonds. The minimum absolute atomic E-state index is 0.130. The molecule has 3 saturated carbocycles. The van der Waals surface area contributed by atoms with E-state index in [1.165, 1.54) is 4.68 Å². The number of nitrogens with one attached hydrogen (secondary N) is 1. The van der Waals surface area contributed by atoms with Gasteiger partial charge < -0.3 is 5.32 Å². The van der Waals surface area contributed by atoms with Gasteiger partial charge in [0.1, 0.15) is 6.54 Å². The van der Waals surface area contributed by atoms with Crippen molar-refractivity contribution in [2.75, 3.05) is 0 Å². The molecular weight excluding hydrogens is 354 g/mol. The zero-order valence-corrected chi connectivity index (χ0v) is 15.7. The van der Waals surface area contributed by atoms with Crippen LogP contribution in [0.3, 0.4) is 0 Å². The number of amides is 1. The van der Waals surface area contributed by atoms with E-state index in [4.69, 9.17) is 11.6 Å². The van der Waals surface area contributed by atoms with Gasteiger partial charge in [0.2, 0.25) is 5.91 Å². The summed E-state index contributed by atoms with van der Waals surface area (Å²) in [7, 11) is 0. The molecule has 1 heterocycles. The molecule has 8 heteroatoms. The largest absolute Gasteiger partial charge is 0.364 e. The van der Waals surface area contributed by atoms with Crippen LogP contribution < -0.4 is 11.0 Å². The monoisotopic (exact) mass is 375 g/mol. The molecule has 7 nitrogen and oxygen atoms in total. The Morgan fingerprint density at radius 2 is 2.19 bits per heavy atom. The third-order valence-corrected chi connectivity index (χ3v) is 6.22. The quantitative estimate of drug-likeness (QED) is 0.868. The molecule has 5 rings (SSSR count). The zero-order chi connectivity index (χ0) is 18.5. The van der Waals surface area contributed by atoms with Gasteiger partial charge >= 0.3 is 5.69 Å². The molecular formula is C18H22ClN5O2. The van der Waals surface area contributed by atoms with Crippen molar-refractivity contribution in [1.29, 1.82) is 0 Å². The molecule has 0 aliphatic heterocycles. The Hall–Kier alpha value is -2.15. The second-order valence-corrected chi connectivity index (χ2v) is 8.07. The van der Waals surface area contributed by atoms with Gasteiger partial charge in [-0.2, -0.15) is 9.36 Å². The maximum Gasteiger partial charge on any atom is 0.364 e. The number of aromatic nitrogens is 4. The van der Waals surface area contributed by atoms with Crippen molar-refractivity contribution in [2.24, 2.45) is 5.92 Å². The molecule has 26 heavy (non-hydrogen) atoms. The van der Waals surface area contributed by atoms with Gasteiger partial charge in [-0.05, 0) is 73.1 Å². The molecule has 3 aliphatic rings. The van der Waals surface area contributed by atoms with E-state index in [0.717, 1.165) is 47.4 Å². The summed E-state index contributed by atoms with van der Waals surface area (Å²) in [4.78, 5) is 24.9. The SMILES string of the molecule is Cc1cc([C@H](C)NC(=O)Cn2nnn(C34CCC(C3)C4)c2=O)ccc1Cl. The number of tetrazole rings is 1. The highest BCUT2D eigenvalue weighted by molar-refractivity contribution is 6.31. The summed E-state index contributed by atoms with van der Waals surface area (Å²) in [5.41, 5.74) is 1.47. The van der Waals surface area contributed by atoms with Gasteiger partial charge in [-0.3, -0.25) is 4.79 Å². The van der Waals surface area contributed by atoms with Gasteiger partial charge in [0, 0.05) is 5.02 Å². The fourth-order valence-corrected chi connectivity index (χ4v) is 4.41. The van der Waals surface area contributed by atoms with Crippen molar-refractivity contribution in [3.63, 3.8) is 0 Å². The van der Waals surface area contributed by atoms with Crippen LogP contribution in [-0.4, -0.2) is 25.7 Å². The van der Waals surface area contributed by atoms with Gasteiger partial charge in [-0.15, -0.1) is 0 Å². The molecule has 2 aromatic rings. The van der Waals surface area contributed by atoms with Gasteiger partial charge in [-0.1, -0.05) is 23.7 Å². The summed E-state index contributed by atoms with van der Waals surface area (Å²) in [6, 6.07) is 5.46. The van der Waals surface area contributed by atoms with Crippen LogP contribution in [0.4, 0.5) is 0 Å². The predicted octanol–water partition coefficient (Wildman–Crippen LogP) is 2.18. The normalized spacial score (nSPS) is 25.0. The molecule has 3 aliphatic carbocycles. The van der Waals surface area contributed by atoms with E-state index < -0.39 is 0 Å². The van der Waals surface area contributed by atoms with Crippen molar-refractivity contribution in [3.8, 4) is 0 Å². The number of carbonyl (C=O) groups is 1. The lowest BCUT2D eigenvalue weighted by Crippen LogP contribution is -2.46. The topological polar surface area (TPSA) is 81.8 Å². The Kier molecular flexibility index (Phi) is 4.14. The lowest BCUT2D eigenvalue weighted by Gasteiger charge is -2.36. The highest BCUT2D eigenvalue weighted by Crippen LogP contribution is 2.55. The second kappa shape index (κ2) is 6.23. The Morgan fingerprint density at radius 1 is 1.42 bits per heavy atom. The molecule has 1 atom stereocenters. The Morgan fingerprint density at radius 3 is 2.85 bits per heavy atom. The molecule has 1 N–H and O–H groups in total. The zero-order valence-electron chi connectivity index (χ0n) is 14.9. The molecule has 3 fully saturated rings. The fourth-order valence-electron chi connectivity index (χ4n) is 4.29. The summed E-state index contributed by atoms with van der Waals surface area (Å²) in [5.74, 6) is 0.452. The van der Waals surface area contributed by atoms with Crippen LogP contribution in [0.15, 0.2) is 23.0 Å². The molecule has 2 bridgehead atoms. The van der Waals surface area contributed by atoms with E-state index in [1.54, 1.807) is 0 Å². The standard InChI is InChI=1S/C18H22ClN5O2/c1-11-7-14(3-4-15(11)19)12(2)20-16(25)10-23-17(26)24(22-21-23)18-6-5-13(8-18)9-18/h3-4,7,12-13H,5-6,8-10H2,1-2H3,(H,20,25)/t12-,13?,18?/m0/s1. The fraction of sp³-hybridized carbons (Fsp3) is 0.556. The summed E-state index contributed by atoms with van der Waals surface area (Å²) < 4.78 is 2.64. The van der Waals surface area contributed by atoms with E-state index in [1.807, 2.05) is 32.0 Å². The van der Waals surface area contributed by atoms with E-state index in [0.29, 0.717) is 5.02 Å². The summed E-state index contributed by atoms with van der Waals surface area (Å²) in [6.45, 7) is 3.69. The third-order valence-electron chi connectivity index (χ3n) is 5.80. The number of benzene rings is 1. The number of rotatable bonds is 5. The Labute approximate surface area is 156 Å². The van der Waals surface area contributed by atoms with Crippen LogP contribution in [0.25, 0.3) is 0 Å². The van der Waals surface area contributed by atoms with Crippen LogP contribution in [0.1, 0.15) is 49.8 Å². The minimum atomic E-state index is -0.296. The number of hydrogen-bond donors (Lipinski definition) is 1. The van der Waals surface area contributed by atoms with Gasteiger partial charge in [0.25, 0.3) is 0 Å². The number of carbonyl (C=O) groups excluding carboxylic acids is 1. The first-order chi connectivity index (χ1) is 12.4. The van der Waals surface area contributed by atoms with Gasteiger partial charge in [0.15, 0.2) is 0 Å². The van der Waals surface area contributed by atoms with E-state index in [-0.39, 0.29) is 29.7 Å². The highest BCUT2D eigenvalue weighted by Gasteiger charge is 2.53. The number of hydrogen-bond acceptors (Lipinski definition) is 4.